The van der Waals surface area contributed by atoms with Crippen LogP contribution in [0, 0.1) is 0 Å². The van der Waals surface area contributed by atoms with Crippen molar-refractivity contribution in [3.8, 4) is 5.75 Å². The smallest absolute Gasteiger partial charge is 0.317 e. The number of urea groups is 1. The largest absolute Gasteiger partial charge is 0.486 e. The van der Waals surface area contributed by atoms with Crippen LogP contribution in [0.1, 0.15) is 25.7 Å². The van der Waals surface area contributed by atoms with Gasteiger partial charge in [-0.15, -0.1) is 0 Å². The van der Waals surface area contributed by atoms with E-state index in [1.165, 1.54) is 0 Å². The van der Waals surface area contributed by atoms with Gasteiger partial charge in [0.2, 0.25) is 0 Å². The van der Waals surface area contributed by atoms with Crippen molar-refractivity contribution in [3.05, 3.63) is 24.5 Å². The third-order valence-corrected chi connectivity index (χ3v) is 4.62. The summed E-state index contributed by atoms with van der Waals surface area (Å²) in [6.07, 6.45) is 7.43. The number of pyridine rings is 1. The molecule has 0 unspecified atom stereocenters. The van der Waals surface area contributed by atoms with E-state index >= 15 is 0 Å². The number of likely N-dealkylation sites (tertiary alicyclic amines) is 1. The van der Waals surface area contributed by atoms with Gasteiger partial charge in [0.15, 0.2) is 0 Å². The number of aromatic nitrogens is 1. The Morgan fingerprint density at radius 2 is 2.41 bits per heavy atom. The minimum absolute atomic E-state index is 0.0376. The molecule has 2 amide bonds. The standard InChI is InChI=1S/C16H21N3O3/c20-15(18-12-3-4-12)19-7-5-16(11-19)8-14(10-21-16)22-13-2-1-6-17-9-13/h1-2,6,9,12,14H,3-5,7-8,10-11H2,(H,18,20)/t14-,16+/m0/s1. The molecule has 6 heteroatoms. The van der Waals surface area contributed by atoms with E-state index in [0.717, 1.165) is 38.0 Å². The summed E-state index contributed by atoms with van der Waals surface area (Å²) < 4.78 is 11.9. The number of carbonyl (C=O) groups is 1. The summed E-state index contributed by atoms with van der Waals surface area (Å²) in [7, 11) is 0. The molecule has 0 bridgehead atoms. The molecular formula is C16H21N3O3. The molecule has 2 atom stereocenters. The molecule has 2 aliphatic heterocycles. The molecule has 0 radical (unpaired) electrons. The predicted molar refractivity (Wildman–Crippen MR) is 79.7 cm³/mol. The van der Waals surface area contributed by atoms with Crippen LogP contribution in [0.4, 0.5) is 4.79 Å². The molecule has 6 nitrogen and oxygen atoms in total. The molecular weight excluding hydrogens is 282 g/mol. The fraction of sp³-hybridized carbons (Fsp3) is 0.625. The van der Waals surface area contributed by atoms with Gasteiger partial charge in [0.1, 0.15) is 11.9 Å². The highest BCUT2D eigenvalue weighted by molar-refractivity contribution is 5.75. The zero-order chi connectivity index (χ0) is 15.0. The molecule has 3 aliphatic rings. The van der Waals surface area contributed by atoms with Crippen molar-refractivity contribution in [2.24, 2.45) is 0 Å². The highest BCUT2D eigenvalue weighted by atomic mass is 16.6. The van der Waals surface area contributed by atoms with Gasteiger partial charge in [-0.3, -0.25) is 4.98 Å². The summed E-state index contributed by atoms with van der Waals surface area (Å²) in [5.74, 6) is 0.773. The lowest BCUT2D eigenvalue weighted by Gasteiger charge is -2.23. The zero-order valence-electron chi connectivity index (χ0n) is 12.5. The Kier molecular flexibility index (Phi) is 3.41. The molecule has 0 aromatic carbocycles. The summed E-state index contributed by atoms with van der Waals surface area (Å²) >= 11 is 0. The van der Waals surface area contributed by atoms with Crippen LogP contribution >= 0.6 is 0 Å². The Bertz CT molecular complexity index is 549. The van der Waals surface area contributed by atoms with Crippen LogP contribution in [-0.4, -0.2) is 53.4 Å². The van der Waals surface area contributed by atoms with Crippen LogP contribution < -0.4 is 10.1 Å². The second-order valence-electron chi connectivity index (χ2n) is 6.52. The maximum absolute atomic E-state index is 12.1. The molecule has 3 heterocycles. The number of hydrogen-bond donors (Lipinski definition) is 1. The summed E-state index contributed by atoms with van der Waals surface area (Å²) in [4.78, 5) is 18.1. The van der Waals surface area contributed by atoms with Crippen molar-refractivity contribution in [1.29, 1.82) is 0 Å². The topological polar surface area (TPSA) is 63.7 Å². The first kappa shape index (κ1) is 13.8. The summed E-state index contributed by atoms with van der Waals surface area (Å²) in [5, 5.41) is 3.05. The average Bonchev–Trinajstić information content (AvgIpc) is 3.11. The fourth-order valence-corrected chi connectivity index (χ4v) is 3.28. The van der Waals surface area contributed by atoms with Crippen LogP contribution in [0.25, 0.3) is 0 Å². The Morgan fingerprint density at radius 3 is 3.18 bits per heavy atom. The van der Waals surface area contributed by atoms with Gasteiger partial charge in [0.05, 0.1) is 24.9 Å². The van der Waals surface area contributed by atoms with E-state index in [1.807, 2.05) is 17.0 Å². The van der Waals surface area contributed by atoms with Gasteiger partial charge < -0.3 is 19.7 Å². The van der Waals surface area contributed by atoms with Crippen molar-refractivity contribution >= 4 is 6.03 Å². The number of carbonyl (C=O) groups excluding carboxylic acids is 1. The lowest BCUT2D eigenvalue weighted by Crippen LogP contribution is -2.42. The van der Waals surface area contributed by atoms with Gasteiger partial charge in [-0.1, -0.05) is 0 Å². The molecule has 22 heavy (non-hydrogen) atoms. The summed E-state index contributed by atoms with van der Waals surface area (Å²) in [5.41, 5.74) is -0.228. The highest BCUT2D eigenvalue weighted by Crippen LogP contribution is 2.36. The summed E-state index contributed by atoms with van der Waals surface area (Å²) in [6, 6.07) is 4.22. The van der Waals surface area contributed by atoms with Crippen LogP contribution in [0.2, 0.25) is 0 Å². The first-order valence-electron chi connectivity index (χ1n) is 7.99. The Hall–Kier alpha value is -1.82. The zero-order valence-corrected chi connectivity index (χ0v) is 12.5. The van der Waals surface area contributed by atoms with E-state index in [0.29, 0.717) is 19.2 Å². The third-order valence-electron chi connectivity index (χ3n) is 4.62. The maximum Gasteiger partial charge on any atom is 0.317 e. The van der Waals surface area contributed by atoms with Crippen molar-refractivity contribution in [1.82, 2.24) is 15.2 Å². The number of nitrogens with zero attached hydrogens (tertiary/aromatic N) is 2. The molecule has 3 fully saturated rings. The van der Waals surface area contributed by atoms with E-state index < -0.39 is 0 Å². The van der Waals surface area contributed by atoms with Gasteiger partial charge in [-0.25, -0.2) is 4.79 Å². The average molecular weight is 303 g/mol. The lowest BCUT2D eigenvalue weighted by atomic mass is 9.98. The molecule has 1 saturated carbocycles. The van der Waals surface area contributed by atoms with Gasteiger partial charge in [0, 0.05) is 25.2 Å². The number of nitrogens with one attached hydrogen (secondary N) is 1. The SMILES string of the molecule is O=C(NC1CC1)N1CC[C@@]2(C[C@H](Oc3cccnc3)CO2)C1. The molecule has 1 aliphatic carbocycles. The second kappa shape index (κ2) is 5.43. The van der Waals surface area contributed by atoms with E-state index in [-0.39, 0.29) is 17.7 Å². The van der Waals surface area contributed by atoms with Crippen LogP contribution in [0.5, 0.6) is 5.75 Å². The Balaban J connectivity index is 1.33. The number of ether oxygens (including phenoxy) is 2. The van der Waals surface area contributed by atoms with Gasteiger partial charge in [0.25, 0.3) is 0 Å². The van der Waals surface area contributed by atoms with Gasteiger partial charge in [-0.05, 0) is 31.4 Å². The fourth-order valence-electron chi connectivity index (χ4n) is 3.28. The van der Waals surface area contributed by atoms with E-state index in [1.54, 1.807) is 12.4 Å². The molecule has 2 saturated heterocycles. The van der Waals surface area contributed by atoms with Crippen molar-refractivity contribution < 1.29 is 14.3 Å². The normalized spacial score (nSPS) is 30.7. The monoisotopic (exact) mass is 303 g/mol. The van der Waals surface area contributed by atoms with Crippen LogP contribution in [0.15, 0.2) is 24.5 Å². The number of hydrogen-bond acceptors (Lipinski definition) is 4. The molecule has 4 rings (SSSR count). The van der Waals surface area contributed by atoms with E-state index in [4.69, 9.17) is 9.47 Å². The number of rotatable bonds is 3. The molecule has 1 aromatic heterocycles. The Morgan fingerprint density at radius 1 is 1.50 bits per heavy atom. The highest BCUT2D eigenvalue weighted by Gasteiger charge is 2.48. The van der Waals surface area contributed by atoms with Crippen molar-refractivity contribution in [2.45, 2.75) is 43.4 Å². The van der Waals surface area contributed by atoms with E-state index in [2.05, 4.69) is 10.3 Å². The predicted octanol–water partition coefficient (Wildman–Crippen LogP) is 1.57. The van der Waals surface area contributed by atoms with Gasteiger partial charge >= 0.3 is 6.03 Å². The Labute approximate surface area is 129 Å². The minimum Gasteiger partial charge on any atom is -0.486 e. The summed E-state index contributed by atoms with van der Waals surface area (Å²) in [6.45, 7) is 2.00. The molecule has 1 aromatic rings. The van der Waals surface area contributed by atoms with Crippen LogP contribution in [0.3, 0.4) is 0 Å². The van der Waals surface area contributed by atoms with Crippen molar-refractivity contribution in [2.75, 3.05) is 19.7 Å². The molecule has 118 valence electrons. The van der Waals surface area contributed by atoms with E-state index in [9.17, 15) is 4.79 Å². The third kappa shape index (κ3) is 2.88. The van der Waals surface area contributed by atoms with Gasteiger partial charge in [-0.2, -0.15) is 0 Å². The molecule has 1 spiro atoms. The second-order valence-corrected chi connectivity index (χ2v) is 6.52. The van der Waals surface area contributed by atoms with Crippen LogP contribution in [-0.2, 0) is 4.74 Å². The maximum atomic E-state index is 12.1. The molecule has 1 N–H and O–H groups in total. The number of amides is 2. The first-order valence-corrected chi connectivity index (χ1v) is 7.99. The lowest BCUT2D eigenvalue weighted by molar-refractivity contribution is 0.0122. The quantitative estimate of drug-likeness (QED) is 0.920. The minimum atomic E-state index is -0.228. The first-order chi connectivity index (χ1) is 10.7. The van der Waals surface area contributed by atoms with Crippen molar-refractivity contribution in [3.63, 3.8) is 0 Å².